The number of esters is 1. The maximum Gasteiger partial charge on any atom is 0.302 e. The molecule has 0 aromatic rings. The number of aliphatic hydroxyl groups is 1. The molecule has 0 aliphatic heterocycles. The van der Waals surface area contributed by atoms with E-state index in [1.165, 1.54) is 18.1 Å². The van der Waals surface area contributed by atoms with Gasteiger partial charge in [-0.2, -0.15) is 0 Å². The van der Waals surface area contributed by atoms with Crippen LogP contribution in [0.1, 0.15) is 73.1 Å². The first kappa shape index (κ1) is 21.6. The Morgan fingerprint density at radius 2 is 1.61 bits per heavy atom. The smallest absolute Gasteiger partial charge is 0.302 e. The highest BCUT2D eigenvalue weighted by molar-refractivity contribution is 5.66. The minimum Gasteiger partial charge on any atom is -0.463 e. The fraction of sp³-hybridized carbons (Fsp3) is 0.650. The Morgan fingerprint density at radius 1 is 1.04 bits per heavy atom. The quantitative estimate of drug-likeness (QED) is 0.425. The van der Waals surface area contributed by atoms with E-state index in [4.69, 9.17) is 4.74 Å². The van der Waals surface area contributed by atoms with E-state index in [1.54, 1.807) is 0 Å². The Bertz CT molecular complexity index is 432. The van der Waals surface area contributed by atoms with Crippen LogP contribution in [-0.4, -0.2) is 23.3 Å². The Morgan fingerprint density at radius 3 is 2.17 bits per heavy atom. The van der Waals surface area contributed by atoms with Gasteiger partial charge in [0.25, 0.3) is 0 Å². The fourth-order valence-electron chi connectivity index (χ4n) is 2.27. The summed E-state index contributed by atoms with van der Waals surface area (Å²) in [5, 5.41) is 9.72. The van der Waals surface area contributed by atoms with Gasteiger partial charge in [0.15, 0.2) is 0 Å². The summed E-state index contributed by atoms with van der Waals surface area (Å²) in [6.45, 7) is 13.3. The predicted octanol–water partition coefficient (Wildman–Crippen LogP) is 5.11. The number of aliphatic hydroxyl groups excluding tert-OH is 1. The molecule has 0 aliphatic carbocycles. The van der Waals surface area contributed by atoms with Crippen molar-refractivity contribution in [1.82, 2.24) is 0 Å². The first-order valence-corrected chi connectivity index (χ1v) is 8.54. The van der Waals surface area contributed by atoms with Gasteiger partial charge in [-0.05, 0) is 66.2 Å². The zero-order valence-corrected chi connectivity index (χ0v) is 15.5. The van der Waals surface area contributed by atoms with E-state index in [9.17, 15) is 9.90 Å². The summed E-state index contributed by atoms with van der Waals surface area (Å²) in [7, 11) is 0. The summed E-state index contributed by atoms with van der Waals surface area (Å²) >= 11 is 0. The SMILES string of the molecule is C=C(C)C(O)CC/C(C)=C/CC/C(C)=C/CCC(C)OC(C)=O. The van der Waals surface area contributed by atoms with E-state index in [1.807, 2.05) is 13.8 Å². The van der Waals surface area contributed by atoms with Gasteiger partial charge in [-0.25, -0.2) is 0 Å². The highest BCUT2D eigenvalue weighted by Crippen LogP contribution is 2.14. The van der Waals surface area contributed by atoms with Crippen LogP contribution in [0, 0.1) is 0 Å². The standard InChI is InChI=1S/C20H34O3/c1-15(2)20(22)14-13-17(4)10-7-9-16(3)11-8-12-18(5)23-19(6)21/h10-11,18,20,22H,1,7-9,12-14H2,2-6H3/b16-11+,17-10+. The van der Waals surface area contributed by atoms with Crippen molar-refractivity contribution in [2.75, 3.05) is 0 Å². The lowest BCUT2D eigenvalue weighted by atomic mass is 10.0. The van der Waals surface area contributed by atoms with Crippen LogP contribution in [0.15, 0.2) is 35.5 Å². The number of hydrogen-bond donors (Lipinski definition) is 1. The molecule has 1 N–H and O–H groups in total. The topological polar surface area (TPSA) is 46.5 Å². The molecule has 0 fully saturated rings. The molecule has 132 valence electrons. The summed E-state index contributed by atoms with van der Waals surface area (Å²) < 4.78 is 5.10. The van der Waals surface area contributed by atoms with E-state index >= 15 is 0 Å². The molecule has 23 heavy (non-hydrogen) atoms. The van der Waals surface area contributed by atoms with Gasteiger partial charge >= 0.3 is 5.97 Å². The third-order valence-electron chi connectivity index (χ3n) is 3.85. The molecule has 0 rings (SSSR count). The van der Waals surface area contributed by atoms with E-state index in [-0.39, 0.29) is 18.2 Å². The molecule has 0 radical (unpaired) electrons. The third kappa shape index (κ3) is 12.8. The average Bonchev–Trinajstić information content (AvgIpc) is 2.43. The van der Waals surface area contributed by atoms with Crippen molar-refractivity contribution in [3.05, 3.63) is 35.5 Å². The zero-order chi connectivity index (χ0) is 17.8. The number of hydrogen-bond acceptors (Lipinski definition) is 3. The van der Waals surface area contributed by atoms with Crippen LogP contribution in [0.4, 0.5) is 0 Å². The fourth-order valence-corrected chi connectivity index (χ4v) is 2.27. The van der Waals surface area contributed by atoms with Crippen LogP contribution < -0.4 is 0 Å². The summed E-state index contributed by atoms with van der Waals surface area (Å²) in [4.78, 5) is 10.8. The molecule has 2 atom stereocenters. The second-order valence-corrected chi connectivity index (χ2v) is 6.54. The van der Waals surface area contributed by atoms with Crippen LogP contribution in [-0.2, 0) is 9.53 Å². The molecule has 0 amide bonds. The molecule has 0 heterocycles. The van der Waals surface area contributed by atoms with Crippen molar-refractivity contribution >= 4 is 5.97 Å². The van der Waals surface area contributed by atoms with Gasteiger partial charge in [0.05, 0.1) is 12.2 Å². The van der Waals surface area contributed by atoms with Crippen LogP contribution in [0.25, 0.3) is 0 Å². The highest BCUT2D eigenvalue weighted by atomic mass is 16.5. The van der Waals surface area contributed by atoms with Gasteiger partial charge in [0.1, 0.15) is 0 Å². The lowest BCUT2D eigenvalue weighted by Crippen LogP contribution is -2.11. The van der Waals surface area contributed by atoms with E-state index in [0.717, 1.165) is 44.1 Å². The Hall–Kier alpha value is -1.35. The summed E-state index contributed by atoms with van der Waals surface area (Å²) in [6, 6.07) is 0. The number of carbonyl (C=O) groups excluding carboxylic acids is 1. The Labute approximate surface area is 142 Å². The van der Waals surface area contributed by atoms with Gasteiger partial charge in [0, 0.05) is 6.92 Å². The van der Waals surface area contributed by atoms with Crippen LogP contribution in [0.2, 0.25) is 0 Å². The van der Waals surface area contributed by atoms with Gasteiger partial charge in [-0.15, -0.1) is 0 Å². The van der Waals surface area contributed by atoms with Crippen molar-refractivity contribution in [3.8, 4) is 0 Å². The number of allylic oxidation sites excluding steroid dienone is 4. The van der Waals surface area contributed by atoms with Crippen molar-refractivity contribution in [2.24, 2.45) is 0 Å². The minimum atomic E-state index is -0.390. The second-order valence-electron chi connectivity index (χ2n) is 6.54. The lowest BCUT2D eigenvalue weighted by molar-refractivity contribution is -0.145. The third-order valence-corrected chi connectivity index (χ3v) is 3.85. The highest BCUT2D eigenvalue weighted by Gasteiger charge is 2.05. The van der Waals surface area contributed by atoms with Gasteiger partial charge < -0.3 is 9.84 Å². The number of carbonyl (C=O) groups is 1. The molecule has 0 saturated carbocycles. The van der Waals surface area contributed by atoms with E-state index < -0.39 is 0 Å². The van der Waals surface area contributed by atoms with Crippen LogP contribution in [0.3, 0.4) is 0 Å². The molecule has 0 aromatic carbocycles. The molecule has 2 unspecified atom stereocenters. The van der Waals surface area contributed by atoms with Crippen LogP contribution >= 0.6 is 0 Å². The summed E-state index contributed by atoms with van der Waals surface area (Å²) in [5.74, 6) is -0.212. The molecule has 0 bridgehead atoms. The van der Waals surface area contributed by atoms with Gasteiger partial charge in [0.2, 0.25) is 0 Å². The van der Waals surface area contributed by atoms with Crippen molar-refractivity contribution in [1.29, 1.82) is 0 Å². The average molecular weight is 322 g/mol. The molecule has 0 aromatic heterocycles. The minimum absolute atomic E-state index is 0.0153. The number of rotatable bonds is 11. The summed E-state index contributed by atoms with van der Waals surface area (Å²) in [5.41, 5.74) is 3.52. The largest absolute Gasteiger partial charge is 0.463 e. The Balaban J connectivity index is 3.96. The zero-order valence-electron chi connectivity index (χ0n) is 15.5. The first-order valence-electron chi connectivity index (χ1n) is 8.54. The van der Waals surface area contributed by atoms with E-state index in [0.29, 0.717) is 0 Å². The van der Waals surface area contributed by atoms with E-state index in [2.05, 4.69) is 32.6 Å². The molecule has 3 heteroatoms. The lowest BCUT2D eigenvalue weighted by Gasteiger charge is -2.10. The monoisotopic (exact) mass is 322 g/mol. The molecular formula is C20H34O3. The van der Waals surface area contributed by atoms with Gasteiger partial charge in [-0.3, -0.25) is 4.79 Å². The molecule has 3 nitrogen and oxygen atoms in total. The number of ether oxygens (including phenoxy) is 1. The Kier molecular flexibility index (Phi) is 11.4. The second kappa shape index (κ2) is 12.1. The summed E-state index contributed by atoms with van der Waals surface area (Å²) in [6.07, 6.45) is 9.62. The molecule has 0 saturated heterocycles. The van der Waals surface area contributed by atoms with Crippen molar-refractivity contribution in [2.45, 2.75) is 85.4 Å². The predicted molar refractivity (Wildman–Crippen MR) is 97.3 cm³/mol. The normalized spacial score (nSPS) is 15.2. The molecule has 0 spiro atoms. The van der Waals surface area contributed by atoms with Crippen molar-refractivity contribution < 1.29 is 14.6 Å². The maximum absolute atomic E-state index is 10.8. The van der Waals surface area contributed by atoms with Gasteiger partial charge in [-0.1, -0.05) is 35.5 Å². The van der Waals surface area contributed by atoms with Crippen LogP contribution in [0.5, 0.6) is 0 Å². The molecular weight excluding hydrogens is 288 g/mol. The van der Waals surface area contributed by atoms with Crippen molar-refractivity contribution in [3.63, 3.8) is 0 Å². The molecule has 0 aliphatic rings. The maximum atomic E-state index is 10.8. The first-order chi connectivity index (χ1) is 10.7.